The van der Waals surface area contributed by atoms with Crippen LogP contribution < -0.4 is 10.5 Å². The Balaban J connectivity index is 2.27. The van der Waals surface area contributed by atoms with E-state index in [4.69, 9.17) is 10.5 Å². The van der Waals surface area contributed by atoms with Gasteiger partial charge in [0.2, 0.25) is 0 Å². The largest absolute Gasteiger partial charge is 0.490 e. The Labute approximate surface area is 146 Å². The van der Waals surface area contributed by atoms with Crippen molar-refractivity contribution in [2.24, 2.45) is 5.73 Å². The van der Waals surface area contributed by atoms with E-state index in [1.165, 1.54) is 25.3 Å². The van der Waals surface area contributed by atoms with Crippen molar-refractivity contribution in [1.29, 1.82) is 0 Å². The van der Waals surface area contributed by atoms with Crippen molar-refractivity contribution in [3.63, 3.8) is 0 Å². The summed E-state index contributed by atoms with van der Waals surface area (Å²) >= 11 is 0. The molecule has 0 heterocycles. The molecule has 0 aliphatic carbocycles. The molecule has 0 spiro atoms. The second-order valence-electron chi connectivity index (χ2n) is 5.50. The van der Waals surface area contributed by atoms with Crippen LogP contribution in [0.15, 0.2) is 48.5 Å². The quantitative estimate of drug-likeness (QED) is 0.587. The predicted molar refractivity (Wildman–Crippen MR) is 94.5 cm³/mol. The molecule has 1 amide bonds. The molecular formula is C18H21N3O4. The van der Waals surface area contributed by atoms with E-state index in [0.29, 0.717) is 31.6 Å². The number of amides is 1. The zero-order valence-corrected chi connectivity index (χ0v) is 14.1. The molecule has 2 rings (SSSR count). The predicted octanol–water partition coefficient (Wildman–Crippen LogP) is 2.59. The van der Waals surface area contributed by atoms with Crippen LogP contribution in [0.5, 0.6) is 5.75 Å². The number of hydrogen-bond donors (Lipinski definition) is 1. The van der Waals surface area contributed by atoms with Gasteiger partial charge in [0.25, 0.3) is 5.91 Å². The minimum atomic E-state index is -0.538. The summed E-state index contributed by atoms with van der Waals surface area (Å²) in [6.07, 6.45) is 0.669. The summed E-state index contributed by atoms with van der Waals surface area (Å²) in [5, 5.41) is 11.0. The van der Waals surface area contributed by atoms with E-state index in [1.807, 2.05) is 30.3 Å². The maximum Gasteiger partial charge on any atom is 0.310 e. The zero-order valence-electron chi connectivity index (χ0n) is 14.1. The van der Waals surface area contributed by atoms with Crippen LogP contribution in [0, 0.1) is 10.1 Å². The fourth-order valence-corrected chi connectivity index (χ4v) is 2.48. The maximum atomic E-state index is 12.9. The van der Waals surface area contributed by atoms with Gasteiger partial charge in [-0.2, -0.15) is 0 Å². The van der Waals surface area contributed by atoms with E-state index in [-0.39, 0.29) is 17.3 Å². The van der Waals surface area contributed by atoms with Crippen molar-refractivity contribution in [2.75, 3.05) is 20.2 Å². The fourth-order valence-electron chi connectivity index (χ4n) is 2.48. The van der Waals surface area contributed by atoms with Gasteiger partial charge in [0, 0.05) is 30.8 Å². The number of ether oxygens (including phenoxy) is 1. The van der Waals surface area contributed by atoms with E-state index in [0.717, 1.165) is 5.56 Å². The number of nitrogens with zero attached hydrogens (tertiary/aromatic N) is 2. The maximum absolute atomic E-state index is 12.9. The third-order valence-electron chi connectivity index (χ3n) is 3.76. The highest BCUT2D eigenvalue weighted by molar-refractivity contribution is 5.95. The lowest BCUT2D eigenvalue weighted by Gasteiger charge is -2.23. The van der Waals surface area contributed by atoms with Gasteiger partial charge in [-0.3, -0.25) is 14.9 Å². The molecule has 0 radical (unpaired) electrons. The topological polar surface area (TPSA) is 98.7 Å². The van der Waals surface area contributed by atoms with E-state index >= 15 is 0 Å². The average Bonchev–Trinajstić information content (AvgIpc) is 2.64. The van der Waals surface area contributed by atoms with Crippen molar-refractivity contribution >= 4 is 11.6 Å². The molecule has 25 heavy (non-hydrogen) atoms. The van der Waals surface area contributed by atoms with Crippen LogP contribution in [0.4, 0.5) is 5.69 Å². The van der Waals surface area contributed by atoms with E-state index in [1.54, 1.807) is 4.90 Å². The molecule has 132 valence electrons. The van der Waals surface area contributed by atoms with Gasteiger partial charge in [0.15, 0.2) is 5.75 Å². The standard InChI is InChI=1S/C18H21N3O4/c1-25-17-12-15(8-9-16(17)21(23)24)18(22)20(11-5-10-19)13-14-6-3-2-4-7-14/h2-4,6-9,12H,5,10-11,13,19H2,1H3. The smallest absolute Gasteiger partial charge is 0.310 e. The van der Waals surface area contributed by atoms with Crippen LogP contribution in [-0.4, -0.2) is 35.9 Å². The van der Waals surface area contributed by atoms with Crippen LogP contribution in [0.2, 0.25) is 0 Å². The first-order valence-electron chi connectivity index (χ1n) is 7.92. The molecule has 2 aromatic rings. The van der Waals surface area contributed by atoms with E-state index in [2.05, 4.69) is 0 Å². The third kappa shape index (κ3) is 4.77. The van der Waals surface area contributed by atoms with E-state index < -0.39 is 4.92 Å². The number of benzene rings is 2. The average molecular weight is 343 g/mol. The molecule has 0 saturated heterocycles. The molecule has 0 bridgehead atoms. The first-order valence-corrected chi connectivity index (χ1v) is 7.92. The van der Waals surface area contributed by atoms with Crippen molar-refractivity contribution in [1.82, 2.24) is 4.90 Å². The van der Waals surface area contributed by atoms with Gasteiger partial charge < -0.3 is 15.4 Å². The molecule has 0 aliphatic rings. The highest BCUT2D eigenvalue weighted by atomic mass is 16.6. The number of methoxy groups -OCH3 is 1. The molecule has 0 aliphatic heterocycles. The van der Waals surface area contributed by atoms with Gasteiger partial charge in [-0.15, -0.1) is 0 Å². The van der Waals surface area contributed by atoms with Crippen molar-refractivity contribution < 1.29 is 14.5 Å². The first-order chi connectivity index (χ1) is 12.1. The van der Waals surface area contributed by atoms with Crippen molar-refractivity contribution in [2.45, 2.75) is 13.0 Å². The summed E-state index contributed by atoms with van der Waals surface area (Å²) in [6, 6.07) is 13.8. The molecule has 7 nitrogen and oxygen atoms in total. The van der Waals surface area contributed by atoms with Crippen molar-refractivity contribution in [3.05, 3.63) is 69.8 Å². The molecule has 0 saturated carbocycles. The molecule has 0 fully saturated rings. The van der Waals surface area contributed by atoms with Gasteiger partial charge >= 0.3 is 5.69 Å². The normalized spacial score (nSPS) is 10.3. The van der Waals surface area contributed by atoms with Gasteiger partial charge in [-0.05, 0) is 24.6 Å². The number of nitrogens with two attached hydrogens (primary N) is 1. The van der Waals surface area contributed by atoms with Crippen LogP contribution in [0.1, 0.15) is 22.3 Å². The Bertz CT molecular complexity index is 734. The van der Waals surface area contributed by atoms with Gasteiger partial charge in [-0.25, -0.2) is 0 Å². The van der Waals surface area contributed by atoms with Crippen LogP contribution >= 0.6 is 0 Å². The summed E-state index contributed by atoms with van der Waals surface area (Å²) in [4.78, 5) is 25.0. The summed E-state index contributed by atoms with van der Waals surface area (Å²) in [7, 11) is 1.34. The van der Waals surface area contributed by atoms with E-state index in [9.17, 15) is 14.9 Å². The van der Waals surface area contributed by atoms with Gasteiger partial charge in [0.1, 0.15) is 0 Å². The SMILES string of the molecule is COc1cc(C(=O)N(CCCN)Cc2ccccc2)ccc1[N+](=O)[O-]. The summed E-state index contributed by atoms with van der Waals surface area (Å²) in [6.45, 7) is 1.42. The number of carbonyl (C=O) groups is 1. The van der Waals surface area contributed by atoms with Gasteiger partial charge in [-0.1, -0.05) is 30.3 Å². The number of nitro groups is 1. The molecule has 0 unspecified atom stereocenters. The lowest BCUT2D eigenvalue weighted by molar-refractivity contribution is -0.385. The monoisotopic (exact) mass is 343 g/mol. The molecule has 0 atom stereocenters. The number of hydrogen-bond acceptors (Lipinski definition) is 5. The van der Waals surface area contributed by atoms with Crippen LogP contribution in [-0.2, 0) is 6.54 Å². The fraction of sp³-hybridized carbons (Fsp3) is 0.278. The Hall–Kier alpha value is -2.93. The number of nitro benzene ring substituents is 1. The summed E-state index contributed by atoms with van der Waals surface area (Å²) < 4.78 is 5.04. The Morgan fingerprint density at radius 2 is 1.96 bits per heavy atom. The molecule has 2 aromatic carbocycles. The van der Waals surface area contributed by atoms with Crippen LogP contribution in [0.25, 0.3) is 0 Å². The lowest BCUT2D eigenvalue weighted by atomic mass is 10.1. The Kier molecular flexibility index (Phi) is 6.47. The zero-order chi connectivity index (χ0) is 18.2. The third-order valence-corrected chi connectivity index (χ3v) is 3.76. The minimum absolute atomic E-state index is 0.0642. The second-order valence-corrected chi connectivity index (χ2v) is 5.50. The number of carbonyl (C=O) groups excluding carboxylic acids is 1. The minimum Gasteiger partial charge on any atom is -0.490 e. The second kappa shape index (κ2) is 8.79. The highest BCUT2D eigenvalue weighted by Gasteiger charge is 2.21. The van der Waals surface area contributed by atoms with Crippen molar-refractivity contribution in [3.8, 4) is 5.75 Å². The highest BCUT2D eigenvalue weighted by Crippen LogP contribution is 2.28. The summed E-state index contributed by atoms with van der Waals surface area (Å²) in [5.74, 6) is -0.153. The van der Waals surface area contributed by atoms with Gasteiger partial charge in [0.05, 0.1) is 12.0 Å². The Morgan fingerprint density at radius 1 is 1.24 bits per heavy atom. The molecule has 7 heteroatoms. The molecule has 0 aromatic heterocycles. The molecule has 2 N–H and O–H groups in total. The Morgan fingerprint density at radius 3 is 2.56 bits per heavy atom. The molecular weight excluding hydrogens is 322 g/mol. The number of rotatable bonds is 8. The van der Waals surface area contributed by atoms with Crippen LogP contribution in [0.3, 0.4) is 0 Å². The first kappa shape index (κ1) is 18.4. The summed E-state index contributed by atoms with van der Waals surface area (Å²) in [5.41, 5.74) is 6.75. The lowest BCUT2D eigenvalue weighted by Crippen LogP contribution is -2.32.